The van der Waals surface area contributed by atoms with Gasteiger partial charge >= 0.3 is 0 Å². The quantitative estimate of drug-likeness (QED) is 0.849. The van der Waals surface area contributed by atoms with E-state index in [1.165, 1.54) is 11.1 Å². The molecule has 2 rings (SSSR count). The summed E-state index contributed by atoms with van der Waals surface area (Å²) in [6, 6.07) is 9.19. The van der Waals surface area contributed by atoms with Gasteiger partial charge in [0.2, 0.25) is 0 Å². The Morgan fingerprint density at radius 3 is 2.57 bits per heavy atom. The highest BCUT2D eigenvalue weighted by Gasteiger charge is 2.11. The van der Waals surface area contributed by atoms with Crippen LogP contribution in [-0.2, 0) is 13.6 Å². The molecule has 1 atom stereocenters. The first kappa shape index (κ1) is 15.7. The second-order valence-electron chi connectivity index (χ2n) is 5.73. The van der Waals surface area contributed by atoms with E-state index in [0.717, 1.165) is 25.3 Å². The molecular weight excluding hydrogens is 260 g/mol. The third kappa shape index (κ3) is 4.41. The van der Waals surface area contributed by atoms with Gasteiger partial charge in [0, 0.05) is 32.0 Å². The molecule has 1 unspecified atom stereocenters. The maximum Gasteiger partial charge on any atom is 0.122 e. The fourth-order valence-electron chi connectivity index (χ4n) is 2.50. The fraction of sp³-hybridized carbons (Fsp3) is 0.471. The summed E-state index contributed by atoms with van der Waals surface area (Å²) in [7, 11) is 6.22. The first-order valence-corrected chi connectivity index (χ1v) is 7.48. The van der Waals surface area contributed by atoms with Crippen LogP contribution in [0.15, 0.2) is 36.7 Å². The fourth-order valence-corrected chi connectivity index (χ4v) is 2.50. The average Bonchev–Trinajstić information content (AvgIpc) is 2.87. The molecule has 0 bridgehead atoms. The second kappa shape index (κ2) is 7.38. The zero-order valence-electron chi connectivity index (χ0n) is 13.5. The predicted molar refractivity (Wildman–Crippen MR) is 87.1 cm³/mol. The van der Waals surface area contributed by atoms with Crippen LogP contribution >= 0.6 is 0 Å². The average molecular weight is 286 g/mol. The van der Waals surface area contributed by atoms with Crippen LogP contribution in [-0.4, -0.2) is 35.1 Å². The molecule has 0 aliphatic heterocycles. The molecule has 0 saturated carbocycles. The Morgan fingerprint density at radius 1 is 1.29 bits per heavy atom. The van der Waals surface area contributed by atoms with Crippen molar-refractivity contribution in [2.24, 2.45) is 7.05 Å². The van der Waals surface area contributed by atoms with Crippen molar-refractivity contribution >= 4 is 0 Å². The van der Waals surface area contributed by atoms with Crippen LogP contribution in [0.1, 0.15) is 29.4 Å². The summed E-state index contributed by atoms with van der Waals surface area (Å²) in [5.41, 5.74) is 2.66. The van der Waals surface area contributed by atoms with Gasteiger partial charge in [-0.3, -0.25) is 4.90 Å². The highest BCUT2D eigenvalue weighted by atomic mass is 15.1. The van der Waals surface area contributed by atoms with Crippen molar-refractivity contribution in [2.75, 3.05) is 20.6 Å². The summed E-state index contributed by atoms with van der Waals surface area (Å²) in [5.74, 6) is 1.11. The number of aromatic nitrogens is 2. The van der Waals surface area contributed by atoms with Crippen molar-refractivity contribution in [3.63, 3.8) is 0 Å². The molecule has 1 aromatic heterocycles. The smallest absolute Gasteiger partial charge is 0.122 e. The van der Waals surface area contributed by atoms with Gasteiger partial charge in [-0.05, 0) is 33.0 Å². The molecule has 1 heterocycles. The monoisotopic (exact) mass is 286 g/mol. The van der Waals surface area contributed by atoms with Gasteiger partial charge in [0.05, 0.1) is 6.54 Å². The lowest BCUT2D eigenvalue weighted by Gasteiger charge is -2.21. The minimum atomic E-state index is 0.398. The van der Waals surface area contributed by atoms with Gasteiger partial charge < -0.3 is 9.88 Å². The summed E-state index contributed by atoms with van der Waals surface area (Å²) in [6.07, 6.45) is 4.93. The van der Waals surface area contributed by atoms with E-state index in [4.69, 9.17) is 0 Å². The summed E-state index contributed by atoms with van der Waals surface area (Å²) in [4.78, 5) is 6.70. The number of nitrogens with zero attached hydrogens (tertiary/aromatic N) is 3. The Hall–Kier alpha value is -1.65. The highest BCUT2D eigenvalue weighted by molar-refractivity contribution is 5.24. The largest absolute Gasteiger partial charge is 0.337 e. The van der Waals surface area contributed by atoms with Crippen LogP contribution in [0.3, 0.4) is 0 Å². The van der Waals surface area contributed by atoms with Gasteiger partial charge in [-0.1, -0.05) is 29.8 Å². The van der Waals surface area contributed by atoms with Crippen LogP contribution in [0.5, 0.6) is 0 Å². The minimum Gasteiger partial charge on any atom is -0.337 e. The Bertz CT molecular complexity index is 544. The van der Waals surface area contributed by atoms with Gasteiger partial charge in [0.25, 0.3) is 0 Å². The lowest BCUT2D eigenvalue weighted by Crippen LogP contribution is -2.26. The maximum absolute atomic E-state index is 4.38. The van der Waals surface area contributed by atoms with Gasteiger partial charge in [-0.2, -0.15) is 0 Å². The summed E-state index contributed by atoms with van der Waals surface area (Å²) in [6.45, 7) is 4.04. The van der Waals surface area contributed by atoms with Crippen molar-refractivity contribution in [3.05, 3.63) is 53.6 Å². The van der Waals surface area contributed by atoms with Crippen molar-refractivity contribution < 1.29 is 0 Å². The number of nitrogens with one attached hydrogen (secondary N) is 1. The first-order chi connectivity index (χ1) is 10.1. The van der Waals surface area contributed by atoms with Gasteiger partial charge in [-0.25, -0.2) is 4.98 Å². The van der Waals surface area contributed by atoms with Gasteiger partial charge in [-0.15, -0.1) is 0 Å². The van der Waals surface area contributed by atoms with Crippen molar-refractivity contribution in [2.45, 2.75) is 25.9 Å². The Morgan fingerprint density at radius 2 is 2.00 bits per heavy atom. The van der Waals surface area contributed by atoms with E-state index in [9.17, 15) is 0 Å². The van der Waals surface area contributed by atoms with E-state index in [1.807, 2.05) is 26.5 Å². The van der Waals surface area contributed by atoms with E-state index >= 15 is 0 Å². The molecule has 1 aromatic carbocycles. The Balaban J connectivity index is 1.88. The number of imidazole rings is 1. The number of rotatable bonds is 7. The van der Waals surface area contributed by atoms with Crippen LogP contribution in [0.4, 0.5) is 0 Å². The molecular formula is C17H26N4. The van der Waals surface area contributed by atoms with Crippen LogP contribution < -0.4 is 5.32 Å². The molecule has 0 amide bonds. The van der Waals surface area contributed by atoms with E-state index in [2.05, 4.69) is 58.0 Å². The molecule has 0 aliphatic carbocycles. The third-order valence-corrected chi connectivity index (χ3v) is 3.96. The second-order valence-corrected chi connectivity index (χ2v) is 5.73. The standard InChI is InChI=1S/C17H26N4/c1-14-5-7-15(8-6-14)16(18-2)9-11-20(3)13-17-19-10-12-21(17)4/h5-8,10,12,16,18H,9,11,13H2,1-4H3. The molecule has 4 nitrogen and oxygen atoms in total. The summed E-state index contributed by atoms with van der Waals surface area (Å²) >= 11 is 0. The normalized spacial score (nSPS) is 12.8. The topological polar surface area (TPSA) is 33.1 Å². The maximum atomic E-state index is 4.38. The SMILES string of the molecule is CNC(CCN(C)Cc1nccn1C)c1ccc(C)cc1. The number of hydrogen-bond donors (Lipinski definition) is 1. The molecule has 2 aromatic rings. The predicted octanol–water partition coefficient (Wildman–Crippen LogP) is 2.51. The van der Waals surface area contributed by atoms with Crippen molar-refractivity contribution in [1.29, 1.82) is 0 Å². The van der Waals surface area contributed by atoms with E-state index < -0.39 is 0 Å². The molecule has 0 aliphatic rings. The third-order valence-electron chi connectivity index (χ3n) is 3.96. The zero-order chi connectivity index (χ0) is 15.2. The highest BCUT2D eigenvalue weighted by Crippen LogP contribution is 2.17. The van der Waals surface area contributed by atoms with Crippen molar-refractivity contribution in [1.82, 2.24) is 19.8 Å². The van der Waals surface area contributed by atoms with E-state index in [1.54, 1.807) is 0 Å². The summed E-state index contributed by atoms with van der Waals surface area (Å²) < 4.78 is 2.08. The number of hydrogen-bond acceptors (Lipinski definition) is 3. The molecule has 21 heavy (non-hydrogen) atoms. The molecule has 0 radical (unpaired) electrons. The molecule has 4 heteroatoms. The molecule has 0 spiro atoms. The molecule has 114 valence electrons. The van der Waals surface area contributed by atoms with Gasteiger partial charge in [0.1, 0.15) is 5.82 Å². The molecule has 0 saturated heterocycles. The minimum absolute atomic E-state index is 0.398. The van der Waals surface area contributed by atoms with Gasteiger partial charge in [0.15, 0.2) is 0 Å². The summed E-state index contributed by atoms with van der Waals surface area (Å²) in [5, 5.41) is 3.42. The Kier molecular flexibility index (Phi) is 5.53. The first-order valence-electron chi connectivity index (χ1n) is 7.48. The van der Waals surface area contributed by atoms with Crippen LogP contribution in [0.25, 0.3) is 0 Å². The zero-order valence-corrected chi connectivity index (χ0v) is 13.5. The van der Waals surface area contributed by atoms with Crippen molar-refractivity contribution in [3.8, 4) is 0 Å². The Labute approximate surface area is 127 Å². The number of benzene rings is 1. The lowest BCUT2D eigenvalue weighted by atomic mass is 10.0. The van der Waals surface area contributed by atoms with Crippen LogP contribution in [0.2, 0.25) is 0 Å². The number of aryl methyl sites for hydroxylation is 2. The van der Waals surface area contributed by atoms with Crippen LogP contribution in [0, 0.1) is 6.92 Å². The van der Waals surface area contributed by atoms with E-state index in [-0.39, 0.29) is 0 Å². The molecule has 0 fully saturated rings. The van der Waals surface area contributed by atoms with E-state index in [0.29, 0.717) is 6.04 Å². The molecule has 1 N–H and O–H groups in total. The lowest BCUT2D eigenvalue weighted by molar-refractivity contribution is 0.294.